The van der Waals surface area contributed by atoms with Crippen molar-refractivity contribution in [3.63, 3.8) is 0 Å². The Balaban J connectivity index is 1.61. The van der Waals surface area contributed by atoms with Gasteiger partial charge in [0.1, 0.15) is 6.10 Å². The first-order valence-electron chi connectivity index (χ1n) is 10.4. The molecule has 0 radical (unpaired) electrons. The lowest BCUT2D eigenvalue weighted by atomic mass is 9.89. The lowest BCUT2D eigenvalue weighted by Gasteiger charge is -2.27. The number of benzene rings is 2. The quantitative estimate of drug-likeness (QED) is 0.388. The third-order valence-electron chi connectivity index (χ3n) is 5.68. The number of pyridine rings is 1. The van der Waals surface area contributed by atoms with Crippen LogP contribution >= 0.6 is 23.1 Å². The number of hydrogen-bond acceptors (Lipinski definition) is 7. The van der Waals surface area contributed by atoms with Gasteiger partial charge in [0.2, 0.25) is 10.0 Å². The van der Waals surface area contributed by atoms with E-state index >= 15 is 0 Å². The first kappa shape index (κ1) is 22.2. The number of thioether (sulfide) groups is 1. The average molecular weight is 499 g/mol. The summed E-state index contributed by atoms with van der Waals surface area (Å²) in [5.41, 5.74) is 1.19. The topological polar surface area (TPSA) is 91.5 Å². The Morgan fingerprint density at radius 2 is 2.00 bits per heavy atom. The number of rotatable bonds is 5. The summed E-state index contributed by atoms with van der Waals surface area (Å²) in [5.74, 6) is 0.874. The van der Waals surface area contributed by atoms with Gasteiger partial charge in [-0.3, -0.25) is 4.98 Å². The first-order chi connectivity index (χ1) is 15.9. The second kappa shape index (κ2) is 8.98. The van der Waals surface area contributed by atoms with E-state index in [2.05, 4.69) is 35.5 Å². The molecule has 170 valence electrons. The fourth-order valence-corrected chi connectivity index (χ4v) is 6.51. The normalized spacial score (nSPS) is 17.0. The minimum absolute atomic E-state index is 0.00425. The number of thiophene rings is 1. The van der Waals surface area contributed by atoms with Crippen LogP contribution in [0.4, 0.5) is 0 Å². The zero-order valence-corrected chi connectivity index (χ0v) is 20.3. The van der Waals surface area contributed by atoms with Crippen LogP contribution in [-0.4, -0.2) is 32.4 Å². The largest absolute Gasteiger partial charge is 0.490 e. The Labute approximate surface area is 200 Å². The third-order valence-corrected chi connectivity index (χ3v) is 8.57. The Kier molecular flexibility index (Phi) is 6.05. The summed E-state index contributed by atoms with van der Waals surface area (Å²) in [7, 11) is -3.83. The maximum absolute atomic E-state index is 11.8. The molecule has 2 aromatic carbocycles. The van der Waals surface area contributed by atoms with Crippen molar-refractivity contribution < 1.29 is 17.9 Å². The molecule has 1 unspecified atom stereocenters. The van der Waals surface area contributed by atoms with Crippen LogP contribution in [0.5, 0.6) is 11.5 Å². The van der Waals surface area contributed by atoms with Crippen molar-refractivity contribution in [1.82, 2.24) is 4.98 Å². The number of aromatic nitrogens is 1. The second-order valence-corrected chi connectivity index (χ2v) is 11.3. The first-order valence-corrected chi connectivity index (χ1v) is 14.0. The van der Waals surface area contributed by atoms with E-state index in [9.17, 15) is 8.42 Å². The highest BCUT2D eigenvalue weighted by Crippen LogP contribution is 2.44. The van der Waals surface area contributed by atoms with Crippen molar-refractivity contribution in [2.75, 3.05) is 12.9 Å². The summed E-state index contributed by atoms with van der Waals surface area (Å²) < 4.78 is 37.1. The predicted molar refractivity (Wildman–Crippen MR) is 132 cm³/mol. The molecule has 2 aromatic heterocycles. The van der Waals surface area contributed by atoms with Crippen molar-refractivity contribution in [2.45, 2.75) is 28.2 Å². The van der Waals surface area contributed by atoms with Crippen LogP contribution in [0.2, 0.25) is 0 Å². The highest BCUT2D eigenvalue weighted by molar-refractivity contribution is 7.98. The molecule has 2 N–H and O–H groups in total. The number of fused-ring (bicyclic) bond motifs is 2. The van der Waals surface area contributed by atoms with Crippen LogP contribution in [-0.2, 0) is 10.0 Å². The molecular weight excluding hydrogens is 476 g/mol. The summed E-state index contributed by atoms with van der Waals surface area (Å²) in [6.45, 7) is 0.399. The van der Waals surface area contributed by atoms with Gasteiger partial charge in [0.15, 0.2) is 11.5 Å². The van der Waals surface area contributed by atoms with E-state index in [1.54, 1.807) is 35.4 Å². The molecular formula is C24H22N2O4S3. The fourth-order valence-electron chi connectivity index (χ4n) is 4.14. The summed E-state index contributed by atoms with van der Waals surface area (Å²) in [4.78, 5) is 6.66. The van der Waals surface area contributed by atoms with Crippen LogP contribution in [0.1, 0.15) is 22.8 Å². The summed E-state index contributed by atoms with van der Waals surface area (Å²) in [6.07, 6.45) is 6.20. The molecule has 4 aromatic rings. The Morgan fingerprint density at radius 1 is 1.15 bits per heavy atom. The molecule has 5 rings (SSSR count). The smallest absolute Gasteiger partial charge is 0.238 e. The number of hydrogen-bond donors (Lipinski definition) is 1. The summed E-state index contributed by atoms with van der Waals surface area (Å²) in [5, 5.41) is 6.45. The monoisotopic (exact) mass is 498 g/mol. The molecule has 0 aliphatic carbocycles. The molecule has 1 aliphatic rings. The highest BCUT2D eigenvalue weighted by Gasteiger charge is 2.32. The van der Waals surface area contributed by atoms with E-state index in [0.29, 0.717) is 24.5 Å². The predicted octanol–water partition coefficient (Wildman–Crippen LogP) is 5.03. The van der Waals surface area contributed by atoms with Gasteiger partial charge in [0.25, 0.3) is 0 Å². The number of nitrogens with zero attached hydrogens (tertiary/aromatic N) is 1. The molecule has 33 heavy (non-hydrogen) atoms. The van der Waals surface area contributed by atoms with Crippen LogP contribution in [0.3, 0.4) is 0 Å². The fraction of sp³-hybridized carbons (Fsp3) is 0.208. The van der Waals surface area contributed by atoms with E-state index in [1.807, 2.05) is 18.3 Å². The van der Waals surface area contributed by atoms with Gasteiger partial charge in [0.05, 0.1) is 22.1 Å². The van der Waals surface area contributed by atoms with Gasteiger partial charge in [-0.05, 0) is 47.5 Å². The Hall–Kier alpha value is -2.59. The van der Waals surface area contributed by atoms with Gasteiger partial charge in [-0.2, -0.15) is 0 Å². The maximum Gasteiger partial charge on any atom is 0.238 e. The van der Waals surface area contributed by atoms with Gasteiger partial charge in [-0.1, -0.05) is 18.2 Å². The van der Waals surface area contributed by atoms with Crippen molar-refractivity contribution in [1.29, 1.82) is 0 Å². The SMILES string of the molecule is CSc1ccccc1[C@@H](c1cc2ccncc2s1)C1CCOc2cc(S(N)(=O)=O)ccc2O1. The second-order valence-electron chi connectivity index (χ2n) is 7.73. The van der Waals surface area contributed by atoms with Crippen LogP contribution < -0.4 is 14.6 Å². The number of primary sulfonamides is 1. The van der Waals surface area contributed by atoms with Crippen LogP contribution in [0.15, 0.2) is 76.8 Å². The van der Waals surface area contributed by atoms with E-state index in [-0.39, 0.29) is 16.9 Å². The molecule has 0 fully saturated rings. The molecule has 0 spiro atoms. The standard InChI is InChI=1S/C24H22N2O4S3/c1-31-21-5-3-2-4-17(21)24(22-12-15-8-10-26-14-23(15)32-22)19-9-11-29-20-13-16(33(25,27)28)6-7-18(20)30-19/h2-8,10,12-14,19,24H,9,11H2,1H3,(H2,25,27,28)/t19?,24-/m1/s1. The van der Waals surface area contributed by atoms with Crippen LogP contribution in [0, 0.1) is 0 Å². The van der Waals surface area contributed by atoms with Gasteiger partial charge >= 0.3 is 0 Å². The molecule has 0 bridgehead atoms. The van der Waals surface area contributed by atoms with E-state index < -0.39 is 10.0 Å². The van der Waals surface area contributed by atoms with Gasteiger partial charge in [0, 0.05) is 34.7 Å². The lowest BCUT2D eigenvalue weighted by molar-refractivity contribution is 0.173. The molecule has 6 nitrogen and oxygen atoms in total. The van der Waals surface area contributed by atoms with Crippen molar-refractivity contribution in [2.24, 2.45) is 5.14 Å². The zero-order valence-electron chi connectivity index (χ0n) is 17.8. The van der Waals surface area contributed by atoms with E-state index in [4.69, 9.17) is 14.6 Å². The summed E-state index contributed by atoms with van der Waals surface area (Å²) in [6, 6.07) is 17.1. The molecule has 3 heterocycles. The molecule has 0 saturated heterocycles. The number of sulfonamides is 1. The summed E-state index contributed by atoms with van der Waals surface area (Å²) >= 11 is 3.43. The van der Waals surface area contributed by atoms with Crippen molar-refractivity contribution >= 4 is 43.2 Å². The Bertz CT molecular complexity index is 1390. The molecule has 0 amide bonds. The molecule has 9 heteroatoms. The third kappa shape index (κ3) is 4.46. The molecule has 2 atom stereocenters. The number of ether oxygens (including phenoxy) is 2. The van der Waals surface area contributed by atoms with Gasteiger partial charge in [-0.25, -0.2) is 13.6 Å². The Morgan fingerprint density at radius 3 is 2.79 bits per heavy atom. The minimum atomic E-state index is -3.83. The molecule has 0 saturated carbocycles. The lowest BCUT2D eigenvalue weighted by Crippen LogP contribution is -2.27. The van der Waals surface area contributed by atoms with E-state index in [1.165, 1.54) is 27.5 Å². The average Bonchev–Trinajstić information content (AvgIpc) is 3.11. The van der Waals surface area contributed by atoms with Crippen molar-refractivity contribution in [3.8, 4) is 11.5 Å². The van der Waals surface area contributed by atoms with Crippen LogP contribution in [0.25, 0.3) is 10.1 Å². The van der Waals surface area contributed by atoms with Crippen molar-refractivity contribution in [3.05, 3.63) is 77.4 Å². The van der Waals surface area contributed by atoms with E-state index in [0.717, 1.165) is 10.1 Å². The number of nitrogens with two attached hydrogens (primary N) is 1. The zero-order chi connectivity index (χ0) is 23.0. The van der Waals surface area contributed by atoms with Gasteiger partial charge in [-0.15, -0.1) is 23.1 Å². The minimum Gasteiger partial charge on any atom is -0.490 e. The highest BCUT2D eigenvalue weighted by atomic mass is 32.2. The maximum atomic E-state index is 11.8. The molecule has 1 aliphatic heterocycles. The van der Waals surface area contributed by atoms with Gasteiger partial charge < -0.3 is 9.47 Å².